The second-order valence-corrected chi connectivity index (χ2v) is 7.91. The maximum atomic E-state index is 11.7. The molecule has 0 aromatic heterocycles. The van der Waals surface area contributed by atoms with Crippen LogP contribution < -0.4 is 5.32 Å². The van der Waals surface area contributed by atoms with Crippen molar-refractivity contribution in [3.05, 3.63) is 0 Å². The highest BCUT2D eigenvalue weighted by Crippen LogP contribution is 2.20. The highest BCUT2D eigenvalue weighted by Gasteiger charge is 2.11. The van der Waals surface area contributed by atoms with E-state index < -0.39 is 0 Å². The Morgan fingerprint density at radius 3 is 2.35 bits per heavy atom. The third-order valence-electron chi connectivity index (χ3n) is 2.53. The molecule has 0 aromatic rings. The summed E-state index contributed by atoms with van der Waals surface area (Å²) in [5.41, 5.74) is 0. The van der Waals surface area contributed by atoms with Crippen LogP contribution in [-0.2, 0) is 4.79 Å². The number of hydrogen-bond acceptors (Lipinski definition) is 3. The summed E-state index contributed by atoms with van der Waals surface area (Å²) >= 11 is 0. The lowest BCUT2D eigenvalue weighted by Gasteiger charge is -2.15. The lowest BCUT2D eigenvalue weighted by molar-refractivity contribution is -0.122. The minimum Gasteiger partial charge on any atom is -0.356 e. The zero-order valence-electron chi connectivity index (χ0n) is 11.8. The zero-order chi connectivity index (χ0) is 13.3. The molecule has 0 radical (unpaired) electrons. The zero-order valence-corrected chi connectivity index (χ0v) is 13.4. The molecule has 2 nitrogen and oxygen atoms in total. The summed E-state index contributed by atoms with van der Waals surface area (Å²) in [6.07, 6.45) is 3.88. The first-order valence-corrected chi connectivity index (χ1v) is 9.10. The minimum atomic E-state index is 0.208. The molecule has 0 spiro atoms. The summed E-state index contributed by atoms with van der Waals surface area (Å²) in [5, 5.41) is 3.03. The second-order valence-electron chi connectivity index (χ2n) is 5.30. The highest BCUT2D eigenvalue weighted by molar-refractivity contribution is 8.76. The smallest absolute Gasteiger partial charge is 0.220 e. The van der Waals surface area contributed by atoms with Crippen LogP contribution in [-0.4, -0.2) is 24.5 Å². The van der Waals surface area contributed by atoms with E-state index in [2.05, 4.69) is 39.3 Å². The van der Waals surface area contributed by atoms with Crippen molar-refractivity contribution >= 4 is 27.5 Å². The van der Waals surface area contributed by atoms with Gasteiger partial charge in [0.15, 0.2) is 0 Å². The highest BCUT2D eigenvalue weighted by atomic mass is 33.1. The number of carbonyl (C=O) groups excluding carboxylic acids is 1. The molecule has 102 valence electrons. The molecule has 0 fully saturated rings. The van der Waals surface area contributed by atoms with Crippen LogP contribution in [0.5, 0.6) is 0 Å². The first kappa shape index (κ1) is 17.2. The summed E-state index contributed by atoms with van der Waals surface area (Å²) in [6, 6.07) is 0. The Morgan fingerprint density at radius 1 is 1.18 bits per heavy atom. The average Bonchev–Trinajstić information content (AvgIpc) is 2.22. The summed E-state index contributed by atoms with van der Waals surface area (Å²) in [6.45, 7) is 9.56. The maximum Gasteiger partial charge on any atom is 0.220 e. The molecule has 0 rings (SSSR count). The van der Waals surface area contributed by atoms with Gasteiger partial charge in [-0.3, -0.25) is 4.79 Å². The van der Waals surface area contributed by atoms with E-state index in [1.807, 2.05) is 10.8 Å². The van der Waals surface area contributed by atoms with Gasteiger partial charge in [-0.2, -0.15) is 0 Å². The van der Waals surface area contributed by atoms with E-state index in [9.17, 15) is 4.79 Å². The molecule has 4 heteroatoms. The second kappa shape index (κ2) is 10.1. The fourth-order valence-corrected chi connectivity index (χ4v) is 3.40. The molecule has 0 heterocycles. The van der Waals surface area contributed by atoms with Crippen molar-refractivity contribution in [3.8, 4) is 0 Å². The molecule has 0 saturated carbocycles. The Kier molecular flexibility index (Phi) is 10.2. The van der Waals surface area contributed by atoms with E-state index in [1.54, 1.807) is 10.8 Å². The molecule has 0 aliphatic heterocycles. The number of hydrogen-bond donors (Lipinski definition) is 1. The third kappa shape index (κ3) is 11.0. The average molecular weight is 277 g/mol. The van der Waals surface area contributed by atoms with Gasteiger partial charge in [0.1, 0.15) is 0 Å². The largest absolute Gasteiger partial charge is 0.356 e. The van der Waals surface area contributed by atoms with Gasteiger partial charge in [-0.25, -0.2) is 0 Å². The molecule has 0 aliphatic carbocycles. The quantitative estimate of drug-likeness (QED) is 0.650. The van der Waals surface area contributed by atoms with Gasteiger partial charge in [-0.05, 0) is 30.4 Å². The Labute approximate surface area is 114 Å². The van der Waals surface area contributed by atoms with E-state index >= 15 is 0 Å². The first-order valence-electron chi connectivity index (χ1n) is 6.38. The van der Waals surface area contributed by atoms with Gasteiger partial charge >= 0.3 is 0 Å². The molecule has 0 aromatic carbocycles. The molecule has 2 atom stereocenters. The molecule has 1 amide bonds. The minimum absolute atomic E-state index is 0.208. The number of nitrogens with one attached hydrogen (secondary N) is 1. The van der Waals surface area contributed by atoms with Gasteiger partial charge in [-0.1, -0.05) is 49.3 Å². The van der Waals surface area contributed by atoms with Crippen LogP contribution in [0.25, 0.3) is 0 Å². The molecule has 1 N–H and O–H groups in total. The van der Waals surface area contributed by atoms with Crippen LogP contribution in [0.4, 0.5) is 0 Å². The normalized spacial score (nSPS) is 14.7. The molecule has 0 aliphatic rings. The molecule has 0 saturated heterocycles. The SMILES string of the molecule is CSSCC(C)CNC(=O)CC(C)CC(C)C. The fraction of sp³-hybridized carbons (Fsp3) is 0.923. The molecule has 0 bridgehead atoms. The van der Waals surface area contributed by atoms with Gasteiger partial charge in [0, 0.05) is 18.7 Å². The number of carbonyl (C=O) groups is 1. The van der Waals surface area contributed by atoms with E-state index in [4.69, 9.17) is 0 Å². The van der Waals surface area contributed by atoms with Crippen LogP contribution >= 0.6 is 21.6 Å². The molecule has 2 unspecified atom stereocenters. The molecular weight excluding hydrogens is 250 g/mol. The fourth-order valence-electron chi connectivity index (χ4n) is 1.81. The Morgan fingerprint density at radius 2 is 1.82 bits per heavy atom. The van der Waals surface area contributed by atoms with Crippen molar-refractivity contribution in [1.29, 1.82) is 0 Å². The first-order chi connectivity index (χ1) is 7.95. The van der Waals surface area contributed by atoms with Gasteiger partial charge in [0.25, 0.3) is 0 Å². The van der Waals surface area contributed by atoms with E-state index in [0.29, 0.717) is 24.2 Å². The van der Waals surface area contributed by atoms with Crippen molar-refractivity contribution in [2.45, 2.75) is 40.5 Å². The van der Waals surface area contributed by atoms with E-state index in [0.717, 1.165) is 18.7 Å². The van der Waals surface area contributed by atoms with Crippen molar-refractivity contribution in [1.82, 2.24) is 5.32 Å². The van der Waals surface area contributed by atoms with E-state index in [-0.39, 0.29) is 5.91 Å². The monoisotopic (exact) mass is 277 g/mol. The summed E-state index contributed by atoms with van der Waals surface area (Å²) in [4.78, 5) is 11.7. The van der Waals surface area contributed by atoms with Crippen molar-refractivity contribution < 1.29 is 4.79 Å². The Bertz CT molecular complexity index is 210. The van der Waals surface area contributed by atoms with Crippen LogP contribution in [0.1, 0.15) is 40.5 Å². The van der Waals surface area contributed by atoms with Crippen LogP contribution in [0.15, 0.2) is 0 Å². The summed E-state index contributed by atoms with van der Waals surface area (Å²) in [7, 11) is 3.64. The number of amides is 1. The Hall–Kier alpha value is 0.170. The van der Waals surface area contributed by atoms with Crippen LogP contribution in [0.2, 0.25) is 0 Å². The van der Waals surface area contributed by atoms with Gasteiger partial charge in [0.2, 0.25) is 5.91 Å². The lowest BCUT2D eigenvalue weighted by Crippen LogP contribution is -2.30. The van der Waals surface area contributed by atoms with E-state index in [1.165, 1.54) is 0 Å². The Balaban J connectivity index is 3.64. The van der Waals surface area contributed by atoms with Gasteiger partial charge in [-0.15, -0.1) is 0 Å². The van der Waals surface area contributed by atoms with Crippen molar-refractivity contribution in [2.75, 3.05) is 18.6 Å². The summed E-state index contributed by atoms with van der Waals surface area (Å²) in [5.74, 6) is 3.03. The molecular formula is C13H27NOS2. The predicted octanol–water partition coefficient (Wildman–Crippen LogP) is 3.82. The van der Waals surface area contributed by atoms with Crippen molar-refractivity contribution in [2.24, 2.45) is 17.8 Å². The molecule has 17 heavy (non-hydrogen) atoms. The van der Waals surface area contributed by atoms with Gasteiger partial charge in [0.05, 0.1) is 0 Å². The standard InChI is InChI=1S/C13H27NOS2/c1-10(2)6-11(3)7-13(15)14-8-12(4)9-17-16-5/h10-12H,6-9H2,1-5H3,(H,14,15). The van der Waals surface area contributed by atoms with Crippen molar-refractivity contribution in [3.63, 3.8) is 0 Å². The topological polar surface area (TPSA) is 29.1 Å². The summed E-state index contributed by atoms with van der Waals surface area (Å²) < 4.78 is 0. The number of rotatable bonds is 9. The maximum absolute atomic E-state index is 11.7. The third-order valence-corrected chi connectivity index (χ3v) is 4.58. The lowest BCUT2D eigenvalue weighted by atomic mass is 9.96. The van der Waals surface area contributed by atoms with Crippen LogP contribution in [0.3, 0.4) is 0 Å². The predicted molar refractivity (Wildman–Crippen MR) is 81.4 cm³/mol. The van der Waals surface area contributed by atoms with Gasteiger partial charge < -0.3 is 5.32 Å². The van der Waals surface area contributed by atoms with Crippen LogP contribution in [0, 0.1) is 17.8 Å².